The van der Waals surface area contributed by atoms with Gasteiger partial charge in [-0.25, -0.2) is 4.98 Å². The second kappa shape index (κ2) is 9.02. The number of carbonyl (C=O) groups is 1. The highest BCUT2D eigenvalue weighted by atomic mass is 16.7. The zero-order valence-electron chi connectivity index (χ0n) is 18.6. The molecule has 8 heteroatoms. The Morgan fingerprint density at radius 1 is 1.16 bits per heavy atom. The first-order valence-electron chi connectivity index (χ1n) is 10.4. The summed E-state index contributed by atoms with van der Waals surface area (Å²) in [5, 5.41) is 2.91. The summed E-state index contributed by atoms with van der Waals surface area (Å²) >= 11 is 0. The predicted molar refractivity (Wildman–Crippen MR) is 119 cm³/mol. The van der Waals surface area contributed by atoms with Crippen LogP contribution in [0.15, 0.2) is 55.0 Å². The van der Waals surface area contributed by atoms with Crippen LogP contribution in [0.5, 0.6) is 11.5 Å². The largest absolute Gasteiger partial charge is 0.493 e. The number of ether oxygens (including phenoxy) is 4. The van der Waals surface area contributed by atoms with E-state index in [0.29, 0.717) is 30.3 Å². The Balaban J connectivity index is 1.53. The molecule has 0 radical (unpaired) electrons. The molecule has 168 valence electrons. The Morgan fingerprint density at radius 2 is 1.94 bits per heavy atom. The summed E-state index contributed by atoms with van der Waals surface area (Å²) in [4.78, 5) is 17.0. The number of hydrogen-bond acceptors (Lipinski definition) is 6. The van der Waals surface area contributed by atoms with Gasteiger partial charge < -0.3 is 24.3 Å². The molecule has 1 aromatic heterocycles. The molecule has 1 saturated heterocycles. The third-order valence-corrected chi connectivity index (χ3v) is 5.27. The molecule has 1 aliphatic rings. The van der Waals surface area contributed by atoms with Gasteiger partial charge in [0.15, 0.2) is 17.3 Å². The van der Waals surface area contributed by atoms with E-state index in [1.165, 1.54) is 0 Å². The fourth-order valence-corrected chi connectivity index (χ4v) is 3.68. The van der Waals surface area contributed by atoms with Gasteiger partial charge in [0, 0.05) is 12.2 Å². The van der Waals surface area contributed by atoms with Crippen molar-refractivity contribution in [3.63, 3.8) is 0 Å². The van der Waals surface area contributed by atoms with Crippen LogP contribution in [-0.4, -0.2) is 54.7 Å². The van der Waals surface area contributed by atoms with Crippen molar-refractivity contribution in [2.24, 2.45) is 0 Å². The molecule has 0 saturated carbocycles. The number of nitrogens with one attached hydrogen (secondary N) is 1. The number of amides is 1. The van der Waals surface area contributed by atoms with Gasteiger partial charge in [0.1, 0.15) is 11.8 Å². The first kappa shape index (κ1) is 21.9. The highest BCUT2D eigenvalue weighted by molar-refractivity contribution is 5.93. The Bertz CT molecular complexity index is 1110. The van der Waals surface area contributed by atoms with Crippen molar-refractivity contribution >= 4 is 5.91 Å². The summed E-state index contributed by atoms with van der Waals surface area (Å²) in [5.74, 6) is 0.467. The maximum absolute atomic E-state index is 12.8. The van der Waals surface area contributed by atoms with Crippen molar-refractivity contribution in [1.82, 2.24) is 14.9 Å². The number of methoxy groups -OCH3 is 2. The van der Waals surface area contributed by atoms with Gasteiger partial charge in [-0.05, 0) is 49.2 Å². The van der Waals surface area contributed by atoms with Crippen LogP contribution in [0.4, 0.5) is 0 Å². The second-order valence-electron chi connectivity index (χ2n) is 7.93. The molecule has 3 aromatic rings. The zero-order chi connectivity index (χ0) is 22.7. The van der Waals surface area contributed by atoms with Crippen LogP contribution in [0.3, 0.4) is 0 Å². The third kappa shape index (κ3) is 4.61. The quantitative estimate of drug-likeness (QED) is 0.610. The third-order valence-electron chi connectivity index (χ3n) is 5.27. The number of aromatic nitrogens is 2. The first-order chi connectivity index (χ1) is 15.4. The maximum Gasteiger partial charge on any atom is 0.270 e. The summed E-state index contributed by atoms with van der Waals surface area (Å²) in [7, 11) is 3.22. The summed E-state index contributed by atoms with van der Waals surface area (Å²) in [5.41, 5.74) is 3.20. The topological polar surface area (TPSA) is 83.8 Å². The van der Waals surface area contributed by atoms with Crippen LogP contribution in [0.1, 0.15) is 24.3 Å². The van der Waals surface area contributed by atoms with E-state index in [-0.39, 0.29) is 12.0 Å². The Labute approximate surface area is 187 Å². The van der Waals surface area contributed by atoms with Gasteiger partial charge in [0.25, 0.3) is 5.91 Å². The first-order valence-corrected chi connectivity index (χ1v) is 10.4. The highest BCUT2D eigenvalue weighted by Gasteiger charge is 2.32. The van der Waals surface area contributed by atoms with E-state index >= 15 is 0 Å². The fourth-order valence-electron chi connectivity index (χ4n) is 3.68. The monoisotopic (exact) mass is 437 g/mol. The van der Waals surface area contributed by atoms with Gasteiger partial charge in [0.2, 0.25) is 0 Å². The normalized spacial score (nSPS) is 17.2. The summed E-state index contributed by atoms with van der Waals surface area (Å²) in [6, 6.07) is 13.6. The second-order valence-corrected chi connectivity index (χ2v) is 7.93. The zero-order valence-corrected chi connectivity index (χ0v) is 18.6. The molecule has 2 aromatic carbocycles. The molecule has 4 rings (SSSR count). The smallest absolute Gasteiger partial charge is 0.270 e. The Morgan fingerprint density at radius 3 is 2.66 bits per heavy atom. The van der Waals surface area contributed by atoms with Gasteiger partial charge in [-0.2, -0.15) is 0 Å². The minimum absolute atomic E-state index is 0.182. The molecule has 0 aliphatic carbocycles. The van der Waals surface area contributed by atoms with E-state index < -0.39 is 5.79 Å². The molecule has 2 heterocycles. The van der Waals surface area contributed by atoms with Crippen molar-refractivity contribution in [2.75, 3.05) is 27.4 Å². The lowest BCUT2D eigenvalue weighted by molar-refractivity contribution is -0.137. The lowest BCUT2D eigenvalue weighted by Crippen LogP contribution is -2.35. The van der Waals surface area contributed by atoms with E-state index in [0.717, 1.165) is 16.8 Å². The van der Waals surface area contributed by atoms with E-state index in [4.69, 9.17) is 18.9 Å². The van der Waals surface area contributed by atoms with Crippen LogP contribution >= 0.6 is 0 Å². The lowest BCUT2D eigenvalue weighted by atomic mass is 10.0. The highest BCUT2D eigenvalue weighted by Crippen LogP contribution is 2.33. The number of nitrogens with zero attached hydrogens (tertiary/aromatic N) is 2. The maximum atomic E-state index is 12.8. The van der Waals surface area contributed by atoms with Gasteiger partial charge in [-0.1, -0.05) is 18.2 Å². The average Bonchev–Trinajstić information content (AvgIpc) is 3.43. The molecule has 1 fully saturated rings. The standard InChI is InChI=1S/C24H27N3O5/c1-24(2)31-14-19(32-24)12-26-23(28)20-13-25-15-27(20)18-7-5-6-16(10-18)17-8-9-21(29-3)22(11-17)30-4/h5-11,13,15,19H,12,14H2,1-4H3,(H,26,28)/t19-/m0/s1. The Kier molecular flexibility index (Phi) is 6.16. The number of carbonyl (C=O) groups excluding carboxylic acids is 1. The molecular weight excluding hydrogens is 410 g/mol. The molecule has 1 N–H and O–H groups in total. The molecule has 0 bridgehead atoms. The Hall–Kier alpha value is -3.36. The van der Waals surface area contributed by atoms with Crippen LogP contribution in [0.2, 0.25) is 0 Å². The van der Waals surface area contributed by atoms with Gasteiger partial charge in [-0.3, -0.25) is 9.36 Å². The molecule has 1 amide bonds. The van der Waals surface area contributed by atoms with Crippen LogP contribution in [0.25, 0.3) is 16.8 Å². The minimum Gasteiger partial charge on any atom is -0.493 e. The minimum atomic E-state index is -0.623. The molecule has 0 unspecified atom stereocenters. The summed E-state index contributed by atoms with van der Waals surface area (Å²) < 4.78 is 23.8. The van der Waals surface area contributed by atoms with Crippen molar-refractivity contribution in [2.45, 2.75) is 25.7 Å². The van der Waals surface area contributed by atoms with Crippen LogP contribution in [-0.2, 0) is 9.47 Å². The van der Waals surface area contributed by atoms with Crippen molar-refractivity contribution in [3.05, 3.63) is 60.7 Å². The van der Waals surface area contributed by atoms with Crippen molar-refractivity contribution < 1.29 is 23.7 Å². The van der Waals surface area contributed by atoms with Crippen molar-refractivity contribution in [1.29, 1.82) is 0 Å². The number of rotatable bonds is 7. The van der Waals surface area contributed by atoms with E-state index in [2.05, 4.69) is 10.3 Å². The SMILES string of the molecule is COc1ccc(-c2cccc(-n3cncc3C(=O)NC[C@H]3COC(C)(C)O3)c2)cc1OC. The molecule has 0 spiro atoms. The predicted octanol–water partition coefficient (Wildman–Crippen LogP) is 3.44. The van der Waals surface area contributed by atoms with Gasteiger partial charge in [0.05, 0.1) is 33.4 Å². The molecular formula is C24H27N3O5. The van der Waals surface area contributed by atoms with E-state index in [9.17, 15) is 4.79 Å². The van der Waals surface area contributed by atoms with E-state index in [1.54, 1.807) is 31.3 Å². The molecule has 1 atom stereocenters. The lowest BCUT2D eigenvalue weighted by Gasteiger charge is -2.17. The van der Waals surface area contributed by atoms with Gasteiger partial charge in [-0.15, -0.1) is 0 Å². The number of hydrogen-bond donors (Lipinski definition) is 1. The summed E-state index contributed by atoms with van der Waals surface area (Å²) in [6.45, 7) is 4.52. The van der Waals surface area contributed by atoms with Crippen molar-refractivity contribution in [3.8, 4) is 28.3 Å². The fraction of sp³-hybridized carbons (Fsp3) is 0.333. The van der Waals surface area contributed by atoms with E-state index in [1.807, 2.05) is 56.3 Å². The number of benzene rings is 2. The summed E-state index contributed by atoms with van der Waals surface area (Å²) in [6.07, 6.45) is 2.99. The average molecular weight is 437 g/mol. The molecule has 32 heavy (non-hydrogen) atoms. The molecule has 8 nitrogen and oxygen atoms in total. The van der Waals surface area contributed by atoms with Gasteiger partial charge >= 0.3 is 0 Å². The number of imidazole rings is 1. The molecule has 1 aliphatic heterocycles. The van der Waals surface area contributed by atoms with Crippen LogP contribution < -0.4 is 14.8 Å². The van der Waals surface area contributed by atoms with Crippen LogP contribution in [0, 0.1) is 0 Å².